The van der Waals surface area contributed by atoms with Crippen molar-refractivity contribution >= 4 is 5.97 Å². The highest BCUT2D eigenvalue weighted by atomic mass is 16.5. The number of methoxy groups -OCH3 is 3. The molecular formula is C23H35NO6. The van der Waals surface area contributed by atoms with E-state index in [2.05, 4.69) is 11.9 Å². The van der Waals surface area contributed by atoms with E-state index in [1.54, 1.807) is 12.1 Å². The van der Waals surface area contributed by atoms with Crippen LogP contribution in [0, 0.1) is 0 Å². The van der Waals surface area contributed by atoms with Crippen molar-refractivity contribution in [2.45, 2.75) is 75.7 Å². The van der Waals surface area contributed by atoms with Gasteiger partial charge in [0.05, 0.1) is 33.0 Å². The van der Waals surface area contributed by atoms with Crippen LogP contribution in [0.15, 0.2) is 12.1 Å². The van der Waals surface area contributed by atoms with Gasteiger partial charge >= 0.3 is 5.97 Å². The molecule has 0 radical (unpaired) electrons. The predicted molar refractivity (Wildman–Crippen MR) is 114 cm³/mol. The van der Waals surface area contributed by atoms with Gasteiger partial charge in [-0.3, -0.25) is 0 Å². The zero-order valence-corrected chi connectivity index (χ0v) is 18.6. The van der Waals surface area contributed by atoms with Crippen LogP contribution in [0.2, 0.25) is 0 Å². The molecule has 1 aromatic carbocycles. The first-order valence-corrected chi connectivity index (χ1v) is 10.9. The van der Waals surface area contributed by atoms with Crippen molar-refractivity contribution in [1.29, 1.82) is 0 Å². The fourth-order valence-corrected chi connectivity index (χ4v) is 4.75. The summed E-state index contributed by atoms with van der Waals surface area (Å²) in [6.45, 7) is 0. The molecule has 1 N–H and O–H groups in total. The Morgan fingerprint density at radius 1 is 0.867 bits per heavy atom. The van der Waals surface area contributed by atoms with E-state index in [-0.39, 0.29) is 18.2 Å². The molecule has 7 nitrogen and oxygen atoms in total. The third-order valence-electron chi connectivity index (χ3n) is 6.64. The van der Waals surface area contributed by atoms with E-state index in [1.165, 1.54) is 21.3 Å². The summed E-state index contributed by atoms with van der Waals surface area (Å²) in [6.07, 6.45) is 7.48. The molecule has 0 spiro atoms. The fourth-order valence-electron chi connectivity index (χ4n) is 4.75. The highest BCUT2D eigenvalue weighted by molar-refractivity contribution is 5.91. The van der Waals surface area contributed by atoms with Crippen LogP contribution in [0.25, 0.3) is 0 Å². The Kier molecular flexibility index (Phi) is 7.83. The quantitative estimate of drug-likeness (QED) is 0.676. The minimum Gasteiger partial charge on any atom is -0.493 e. The van der Waals surface area contributed by atoms with Gasteiger partial charge in [0.1, 0.15) is 6.10 Å². The lowest BCUT2D eigenvalue weighted by Crippen LogP contribution is -2.45. The maximum atomic E-state index is 12.7. The normalized spacial score (nSPS) is 26.9. The Morgan fingerprint density at radius 2 is 1.37 bits per heavy atom. The number of hydrogen-bond donors (Lipinski definition) is 1. The third-order valence-corrected chi connectivity index (χ3v) is 6.64. The van der Waals surface area contributed by atoms with Gasteiger partial charge in [-0.1, -0.05) is 0 Å². The summed E-state index contributed by atoms with van der Waals surface area (Å²) < 4.78 is 21.8. The molecule has 3 rings (SSSR count). The van der Waals surface area contributed by atoms with Crippen LogP contribution in [0.5, 0.6) is 17.2 Å². The van der Waals surface area contributed by atoms with E-state index in [0.717, 1.165) is 51.4 Å². The van der Waals surface area contributed by atoms with Crippen molar-refractivity contribution in [3.8, 4) is 17.2 Å². The lowest BCUT2D eigenvalue weighted by Gasteiger charge is -2.41. The van der Waals surface area contributed by atoms with Gasteiger partial charge in [0.15, 0.2) is 11.5 Å². The maximum Gasteiger partial charge on any atom is 0.338 e. The van der Waals surface area contributed by atoms with Crippen molar-refractivity contribution in [3.63, 3.8) is 0 Å². The van der Waals surface area contributed by atoms with Crippen LogP contribution in [0.3, 0.4) is 0 Å². The Bertz CT molecular complexity index is 683. The van der Waals surface area contributed by atoms with E-state index in [4.69, 9.17) is 18.9 Å². The summed E-state index contributed by atoms with van der Waals surface area (Å²) in [5, 5.41) is 9.74. The van der Waals surface area contributed by atoms with Gasteiger partial charge in [-0.25, -0.2) is 4.79 Å². The molecule has 0 saturated heterocycles. The first-order chi connectivity index (χ1) is 14.5. The van der Waals surface area contributed by atoms with Gasteiger partial charge in [0, 0.05) is 12.1 Å². The topological polar surface area (TPSA) is 77.5 Å². The monoisotopic (exact) mass is 421 g/mol. The lowest BCUT2D eigenvalue weighted by molar-refractivity contribution is 0.00441. The van der Waals surface area contributed by atoms with Crippen LogP contribution >= 0.6 is 0 Å². The Labute approximate surface area is 179 Å². The first kappa shape index (κ1) is 22.7. The Balaban J connectivity index is 1.55. The van der Waals surface area contributed by atoms with Gasteiger partial charge < -0.3 is 29.0 Å². The number of ether oxygens (including phenoxy) is 4. The zero-order valence-electron chi connectivity index (χ0n) is 18.6. The average molecular weight is 422 g/mol. The number of carbonyl (C=O) groups is 1. The second-order valence-electron chi connectivity index (χ2n) is 8.38. The van der Waals surface area contributed by atoms with E-state index < -0.39 is 0 Å². The summed E-state index contributed by atoms with van der Waals surface area (Å²) >= 11 is 0. The van der Waals surface area contributed by atoms with Gasteiger partial charge in [0.2, 0.25) is 5.75 Å². The lowest BCUT2D eigenvalue weighted by atomic mass is 9.87. The van der Waals surface area contributed by atoms with Gasteiger partial charge in [-0.15, -0.1) is 0 Å². The number of aliphatic hydroxyl groups is 1. The SMILES string of the molecule is COc1cc(C(=O)OC2CCC(N(C)C3CCC(O)CC3)CC2)cc(OC)c1OC. The molecule has 30 heavy (non-hydrogen) atoms. The van der Waals surface area contributed by atoms with Crippen molar-refractivity contribution in [3.05, 3.63) is 17.7 Å². The molecule has 0 unspecified atom stereocenters. The molecular weight excluding hydrogens is 386 g/mol. The van der Waals surface area contributed by atoms with Crippen LogP contribution in [-0.2, 0) is 4.74 Å². The molecule has 2 aliphatic rings. The molecule has 7 heteroatoms. The number of benzene rings is 1. The molecule has 1 aromatic rings. The highest BCUT2D eigenvalue weighted by Gasteiger charge is 2.31. The minimum absolute atomic E-state index is 0.0746. The Morgan fingerprint density at radius 3 is 1.83 bits per heavy atom. The largest absolute Gasteiger partial charge is 0.493 e. The fraction of sp³-hybridized carbons (Fsp3) is 0.696. The minimum atomic E-state index is -0.368. The van der Waals surface area contributed by atoms with Crippen molar-refractivity contribution in [1.82, 2.24) is 4.90 Å². The summed E-state index contributed by atoms with van der Waals surface area (Å²) in [6, 6.07) is 4.32. The first-order valence-electron chi connectivity index (χ1n) is 10.9. The molecule has 0 bridgehead atoms. The third kappa shape index (κ3) is 5.19. The van der Waals surface area contributed by atoms with Crippen LogP contribution in [0.4, 0.5) is 0 Å². The molecule has 0 aromatic heterocycles. The molecule has 2 aliphatic carbocycles. The Hall–Kier alpha value is -1.99. The molecule has 0 amide bonds. The molecule has 0 atom stereocenters. The van der Waals surface area contributed by atoms with E-state index in [1.807, 2.05) is 0 Å². The number of aliphatic hydroxyl groups excluding tert-OH is 1. The van der Waals surface area contributed by atoms with Gasteiger partial charge in [-0.2, -0.15) is 0 Å². The number of hydrogen-bond acceptors (Lipinski definition) is 7. The van der Waals surface area contributed by atoms with Crippen molar-refractivity contribution in [2.24, 2.45) is 0 Å². The van der Waals surface area contributed by atoms with Crippen LogP contribution in [0.1, 0.15) is 61.7 Å². The molecule has 2 fully saturated rings. The van der Waals surface area contributed by atoms with Gasteiger partial charge in [0.25, 0.3) is 0 Å². The molecule has 0 heterocycles. The summed E-state index contributed by atoms with van der Waals surface area (Å²) in [4.78, 5) is 15.2. The standard InChI is InChI=1S/C23H35NO6/c1-24(16-5-9-18(25)10-6-16)17-7-11-19(12-8-17)30-23(26)15-13-20(27-2)22(29-4)21(14-15)28-3/h13-14,16-19,25H,5-12H2,1-4H3. The maximum absolute atomic E-state index is 12.7. The number of esters is 1. The van der Waals surface area contributed by atoms with Gasteiger partial charge in [-0.05, 0) is 70.5 Å². The molecule has 0 aliphatic heterocycles. The molecule has 168 valence electrons. The number of carbonyl (C=O) groups excluding carboxylic acids is 1. The zero-order chi connectivity index (χ0) is 21.7. The summed E-state index contributed by atoms with van der Waals surface area (Å²) in [5.41, 5.74) is 0.393. The summed E-state index contributed by atoms with van der Waals surface area (Å²) in [7, 11) is 6.78. The molecule has 2 saturated carbocycles. The highest BCUT2D eigenvalue weighted by Crippen LogP contribution is 2.38. The number of rotatable bonds is 7. The van der Waals surface area contributed by atoms with E-state index >= 15 is 0 Å². The second-order valence-corrected chi connectivity index (χ2v) is 8.38. The van der Waals surface area contributed by atoms with E-state index in [0.29, 0.717) is 34.9 Å². The van der Waals surface area contributed by atoms with E-state index in [9.17, 15) is 9.90 Å². The van der Waals surface area contributed by atoms with Crippen molar-refractivity contribution < 1.29 is 28.8 Å². The van der Waals surface area contributed by atoms with Crippen LogP contribution in [-0.4, -0.2) is 68.6 Å². The number of nitrogens with zero attached hydrogens (tertiary/aromatic N) is 1. The predicted octanol–water partition coefficient (Wildman–Crippen LogP) is 3.42. The van der Waals surface area contributed by atoms with Crippen molar-refractivity contribution in [2.75, 3.05) is 28.4 Å². The second kappa shape index (κ2) is 10.4. The average Bonchev–Trinajstić information content (AvgIpc) is 2.78. The smallest absolute Gasteiger partial charge is 0.338 e. The summed E-state index contributed by atoms with van der Waals surface area (Å²) in [5.74, 6) is 0.959. The van der Waals surface area contributed by atoms with Crippen LogP contribution < -0.4 is 14.2 Å².